The van der Waals surface area contributed by atoms with Gasteiger partial charge in [-0.1, -0.05) is 23.4 Å². The first-order valence-electron chi connectivity index (χ1n) is 9.98. The fraction of sp³-hybridized carbons (Fsp3) is 0.350. The van der Waals surface area contributed by atoms with Gasteiger partial charge in [0, 0.05) is 35.5 Å². The first-order valence-corrected chi connectivity index (χ1v) is 9.98. The molecule has 176 valence electrons. The number of nitrogens with one attached hydrogen (secondary N) is 1. The van der Waals surface area contributed by atoms with Crippen LogP contribution in [0, 0.1) is 5.82 Å². The molecule has 1 aliphatic heterocycles. The number of nitrogens with two attached hydrogens (primary N) is 1. The number of hydrogen-bond acceptors (Lipinski definition) is 9. The van der Waals surface area contributed by atoms with E-state index in [1.54, 1.807) is 12.1 Å². The summed E-state index contributed by atoms with van der Waals surface area (Å²) in [6, 6.07) is 4.76. The van der Waals surface area contributed by atoms with Gasteiger partial charge in [0.05, 0.1) is 38.1 Å². The van der Waals surface area contributed by atoms with Gasteiger partial charge < -0.3 is 30.8 Å². The highest BCUT2D eigenvalue weighted by Gasteiger charge is 2.25. The summed E-state index contributed by atoms with van der Waals surface area (Å²) in [4.78, 5) is 29.9. The zero-order valence-electron chi connectivity index (χ0n) is 17.6. The van der Waals surface area contributed by atoms with Crippen LogP contribution in [-0.2, 0) is 11.4 Å². The molecule has 3 rings (SSSR count). The second-order valence-corrected chi connectivity index (χ2v) is 7.15. The van der Waals surface area contributed by atoms with Crippen molar-refractivity contribution in [3.05, 3.63) is 42.0 Å². The van der Waals surface area contributed by atoms with Crippen molar-refractivity contribution in [3.63, 3.8) is 0 Å². The minimum Gasteiger partial charge on any atom is -0.465 e. The third kappa shape index (κ3) is 6.57. The molecule has 1 aromatic carbocycles. The maximum atomic E-state index is 14.9. The normalized spacial score (nSPS) is 14.5. The predicted octanol–water partition coefficient (Wildman–Crippen LogP) is 0.301. The summed E-state index contributed by atoms with van der Waals surface area (Å²) in [5.41, 5.74) is 7.20. The van der Waals surface area contributed by atoms with Crippen molar-refractivity contribution in [2.24, 2.45) is 15.9 Å². The molecule has 0 bridgehead atoms. The number of hydrogen-bond donors (Lipinski definition) is 5. The summed E-state index contributed by atoms with van der Waals surface area (Å²) in [7, 11) is 0. The molecule has 1 aromatic heterocycles. The molecule has 2 aromatic rings. The van der Waals surface area contributed by atoms with Crippen molar-refractivity contribution in [2.45, 2.75) is 19.1 Å². The van der Waals surface area contributed by atoms with Gasteiger partial charge in [-0.25, -0.2) is 24.1 Å². The Morgan fingerprint density at radius 1 is 1.33 bits per heavy atom. The molecule has 1 amide bonds. The van der Waals surface area contributed by atoms with E-state index < -0.39 is 18.0 Å². The van der Waals surface area contributed by atoms with Gasteiger partial charge in [-0.05, 0) is 0 Å². The van der Waals surface area contributed by atoms with Crippen LogP contribution < -0.4 is 16.0 Å². The molecule has 2 heterocycles. The van der Waals surface area contributed by atoms with E-state index in [4.69, 9.17) is 20.8 Å². The smallest absolute Gasteiger partial charge is 0.411 e. The van der Waals surface area contributed by atoms with E-state index in [0.29, 0.717) is 24.6 Å². The predicted molar refractivity (Wildman–Crippen MR) is 117 cm³/mol. The first kappa shape index (κ1) is 23.8. The minimum atomic E-state index is -1.35. The first-order chi connectivity index (χ1) is 15.9. The van der Waals surface area contributed by atoms with Gasteiger partial charge in [-0.2, -0.15) is 0 Å². The summed E-state index contributed by atoms with van der Waals surface area (Å²) in [6.45, 7) is 0.712. The molecule has 6 N–H and O–H groups in total. The molecule has 13 heteroatoms. The lowest BCUT2D eigenvalue weighted by molar-refractivity contribution is 0.0501. The number of anilines is 1. The maximum Gasteiger partial charge on any atom is 0.411 e. The fourth-order valence-corrected chi connectivity index (χ4v) is 2.88. The van der Waals surface area contributed by atoms with Crippen molar-refractivity contribution >= 4 is 23.7 Å². The number of carbonyl (C=O) groups is 1. The van der Waals surface area contributed by atoms with E-state index in [0.717, 1.165) is 5.71 Å². The molecule has 1 saturated heterocycles. The van der Waals surface area contributed by atoms with Gasteiger partial charge in [0.2, 0.25) is 5.95 Å². The molecule has 0 saturated carbocycles. The Labute approximate surface area is 188 Å². The molecule has 1 fully saturated rings. The molecule has 33 heavy (non-hydrogen) atoms. The molecular formula is C20H24FN7O5. The van der Waals surface area contributed by atoms with Crippen LogP contribution >= 0.6 is 0 Å². The average molecular weight is 461 g/mol. The number of carboxylic acid groups (broad SMARTS) is 1. The van der Waals surface area contributed by atoms with Gasteiger partial charge >= 0.3 is 6.09 Å². The molecule has 1 aliphatic rings. The van der Waals surface area contributed by atoms with Crippen molar-refractivity contribution in [2.75, 3.05) is 31.2 Å². The number of aliphatic hydroxyl groups is 2. The molecule has 0 spiro atoms. The highest BCUT2D eigenvalue weighted by Crippen LogP contribution is 2.25. The average Bonchev–Trinajstić information content (AvgIpc) is 2.76. The van der Waals surface area contributed by atoms with Crippen molar-refractivity contribution in [1.82, 2.24) is 15.3 Å². The lowest BCUT2D eigenvalue weighted by Crippen LogP contribution is -2.48. The lowest BCUT2D eigenvalue weighted by Gasteiger charge is -2.31. The van der Waals surface area contributed by atoms with E-state index in [-0.39, 0.29) is 43.3 Å². The van der Waals surface area contributed by atoms with Crippen LogP contribution in [0.25, 0.3) is 11.1 Å². The topological polar surface area (TPSA) is 179 Å². The Morgan fingerprint density at radius 2 is 2.06 bits per heavy atom. The Kier molecular flexibility index (Phi) is 8.05. The third-order valence-electron chi connectivity index (χ3n) is 4.66. The van der Waals surface area contributed by atoms with Crippen LogP contribution in [0.1, 0.15) is 12.0 Å². The Bertz CT molecular complexity index is 1020. The highest BCUT2D eigenvalue weighted by atomic mass is 19.1. The lowest BCUT2D eigenvalue weighted by atomic mass is 10.0. The minimum absolute atomic E-state index is 0.137. The number of nitrogens with zero attached hydrogens (tertiary/aromatic N) is 5. The maximum absolute atomic E-state index is 14.9. The number of rotatable bonds is 9. The molecule has 0 aliphatic carbocycles. The number of halogens is 1. The number of aliphatic imine (C=N–C) groups is 1. The standard InChI is InChI=1S/C20H24FN7O5/c21-17-12(6-23-18(22)26-20(31)32)2-1-3-16(17)13-7-24-19(25-8-13)28-9-14(10-28)27-33-5-4-15(30)11-29/h1-3,7-8,15,29-30H,4-6,9-11H2,(H,31,32)(H3,22,23,26). The molecule has 0 radical (unpaired) electrons. The summed E-state index contributed by atoms with van der Waals surface area (Å²) < 4.78 is 14.9. The number of benzene rings is 1. The number of amides is 1. The van der Waals surface area contributed by atoms with Gasteiger partial charge in [0.25, 0.3) is 0 Å². The molecule has 1 atom stereocenters. The zero-order chi connectivity index (χ0) is 23.8. The Balaban J connectivity index is 1.58. The Hall–Kier alpha value is -3.84. The van der Waals surface area contributed by atoms with Crippen LogP contribution in [0.3, 0.4) is 0 Å². The number of oxime groups is 1. The number of aliphatic hydroxyl groups excluding tert-OH is 2. The van der Waals surface area contributed by atoms with E-state index in [2.05, 4.69) is 20.1 Å². The van der Waals surface area contributed by atoms with E-state index in [9.17, 15) is 14.3 Å². The van der Waals surface area contributed by atoms with Gasteiger partial charge in [-0.3, -0.25) is 5.32 Å². The van der Waals surface area contributed by atoms with Crippen LogP contribution in [-0.4, -0.2) is 75.5 Å². The van der Waals surface area contributed by atoms with Gasteiger partial charge in [0.1, 0.15) is 12.4 Å². The SMILES string of the molecule is NC(=NCc1cccc(-c2cnc(N3CC(=NOCCC(O)CO)C3)nc2)c1F)NC(=O)O. The second kappa shape index (κ2) is 11.2. The van der Waals surface area contributed by atoms with Gasteiger partial charge in [0.15, 0.2) is 5.96 Å². The number of aromatic nitrogens is 2. The van der Waals surface area contributed by atoms with Crippen molar-refractivity contribution in [3.8, 4) is 11.1 Å². The zero-order valence-corrected chi connectivity index (χ0v) is 17.6. The summed E-state index contributed by atoms with van der Waals surface area (Å²) in [5.74, 6) is -0.393. The molecule has 12 nitrogen and oxygen atoms in total. The van der Waals surface area contributed by atoms with E-state index in [1.807, 2.05) is 10.2 Å². The second-order valence-electron chi connectivity index (χ2n) is 7.15. The van der Waals surface area contributed by atoms with Crippen molar-refractivity contribution in [1.29, 1.82) is 0 Å². The summed E-state index contributed by atoms with van der Waals surface area (Å²) in [5, 5.41) is 32.4. The largest absolute Gasteiger partial charge is 0.465 e. The summed E-state index contributed by atoms with van der Waals surface area (Å²) >= 11 is 0. The van der Waals surface area contributed by atoms with E-state index in [1.165, 1.54) is 18.5 Å². The molecular weight excluding hydrogens is 437 g/mol. The Morgan fingerprint density at radius 3 is 2.73 bits per heavy atom. The summed E-state index contributed by atoms with van der Waals surface area (Å²) in [6.07, 6.45) is 1.14. The fourth-order valence-electron chi connectivity index (χ4n) is 2.88. The van der Waals surface area contributed by atoms with Gasteiger partial charge in [-0.15, -0.1) is 0 Å². The highest BCUT2D eigenvalue weighted by molar-refractivity contribution is 5.98. The van der Waals surface area contributed by atoms with E-state index >= 15 is 0 Å². The monoisotopic (exact) mass is 461 g/mol. The van der Waals surface area contributed by atoms with Crippen LogP contribution in [0.2, 0.25) is 0 Å². The van der Waals surface area contributed by atoms with Crippen LogP contribution in [0.5, 0.6) is 0 Å². The van der Waals surface area contributed by atoms with Crippen molar-refractivity contribution < 1.29 is 29.3 Å². The van der Waals surface area contributed by atoms with Crippen LogP contribution in [0.4, 0.5) is 15.1 Å². The number of guanidine groups is 1. The van der Waals surface area contributed by atoms with Crippen LogP contribution in [0.15, 0.2) is 40.7 Å². The quantitative estimate of drug-likeness (QED) is 0.152. The molecule has 1 unspecified atom stereocenters. The third-order valence-corrected chi connectivity index (χ3v) is 4.66.